The molecule has 20 heavy (non-hydrogen) atoms. The van der Waals surface area contributed by atoms with E-state index in [0.29, 0.717) is 6.42 Å². The molecule has 112 valence electrons. The van der Waals surface area contributed by atoms with E-state index in [1.807, 2.05) is 12.1 Å². The lowest BCUT2D eigenvalue weighted by Crippen LogP contribution is -2.26. The molecule has 3 nitrogen and oxygen atoms in total. The number of rotatable bonds is 7. The molecule has 0 fully saturated rings. The SMILES string of the molecule is COC(C)(C)CCc1ccc(CC(C)(C)C(=O)O)cc1. The fourth-order valence-electron chi connectivity index (χ4n) is 1.96. The van der Waals surface area contributed by atoms with Crippen molar-refractivity contribution in [3.8, 4) is 0 Å². The third-order valence-electron chi connectivity index (χ3n) is 3.82. The highest BCUT2D eigenvalue weighted by Crippen LogP contribution is 2.23. The molecule has 0 radical (unpaired) electrons. The molecule has 0 heterocycles. The first-order valence-corrected chi connectivity index (χ1v) is 7.03. The smallest absolute Gasteiger partial charge is 0.309 e. The van der Waals surface area contributed by atoms with Gasteiger partial charge in [-0.1, -0.05) is 24.3 Å². The zero-order valence-electron chi connectivity index (χ0n) is 13.2. The molecule has 0 saturated heterocycles. The first kappa shape index (κ1) is 16.7. The minimum atomic E-state index is -0.761. The van der Waals surface area contributed by atoms with Crippen molar-refractivity contribution in [3.05, 3.63) is 35.4 Å². The number of carbonyl (C=O) groups is 1. The second-order valence-electron chi connectivity index (χ2n) is 6.65. The van der Waals surface area contributed by atoms with E-state index in [1.165, 1.54) is 5.56 Å². The van der Waals surface area contributed by atoms with E-state index in [0.717, 1.165) is 18.4 Å². The monoisotopic (exact) mass is 278 g/mol. The van der Waals surface area contributed by atoms with Crippen LogP contribution in [-0.2, 0) is 22.4 Å². The highest BCUT2D eigenvalue weighted by Gasteiger charge is 2.27. The first-order valence-electron chi connectivity index (χ1n) is 7.03. The van der Waals surface area contributed by atoms with Gasteiger partial charge in [-0.3, -0.25) is 4.79 Å². The summed E-state index contributed by atoms with van der Waals surface area (Å²) in [5.74, 6) is -0.761. The highest BCUT2D eigenvalue weighted by molar-refractivity contribution is 5.74. The van der Waals surface area contributed by atoms with Crippen molar-refractivity contribution in [1.29, 1.82) is 0 Å². The Balaban J connectivity index is 2.63. The molecule has 0 spiro atoms. The lowest BCUT2D eigenvalue weighted by molar-refractivity contribution is -0.146. The normalized spacial score (nSPS) is 12.4. The van der Waals surface area contributed by atoms with E-state index in [4.69, 9.17) is 9.84 Å². The van der Waals surface area contributed by atoms with Gasteiger partial charge < -0.3 is 9.84 Å². The maximum Gasteiger partial charge on any atom is 0.309 e. The van der Waals surface area contributed by atoms with Crippen LogP contribution in [0.25, 0.3) is 0 Å². The Morgan fingerprint density at radius 2 is 1.60 bits per heavy atom. The van der Waals surface area contributed by atoms with Gasteiger partial charge in [-0.25, -0.2) is 0 Å². The van der Waals surface area contributed by atoms with Gasteiger partial charge in [0.1, 0.15) is 0 Å². The topological polar surface area (TPSA) is 46.5 Å². The van der Waals surface area contributed by atoms with Gasteiger partial charge in [0.05, 0.1) is 11.0 Å². The molecule has 3 heteroatoms. The molecule has 1 N–H and O–H groups in total. The summed E-state index contributed by atoms with van der Waals surface area (Å²) in [5.41, 5.74) is 1.49. The van der Waals surface area contributed by atoms with Crippen LogP contribution in [-0.4, -0.2) is 23.8 Å². The van der Waals surface area contributed by atoms with Crippen LogP contribution in [0.4, 0.5) is 0 Å². The zero-order valence-corrected chi connectivity index (χ0v) is 13.2. The molecule has 0 aliphatic carbocycles. The third kappa shape index (κ3) is 4.97. The number of carboxylic acid groups (broad SMARTS) is 1. The molecule has 1 aromatic carbocycles. The Hall–Kier alpha value is -1.35. The number of hydrogen-bond donors (Lipinski definition) is 1. The van der Waals surface area contributed by atoms with Gasteiger partial charge in [0.2, 0.25) is 0 Å². The fourth-order valence-corrected chi connectivity index (χ4v) is 1.96. The van der Waals surface area contributed by atoms with Crippen molar-refractivity contribution >= 4 is 5.97 Å². The molecule has 0 saturated carbocycles. The van der Waals surface area contributed by atoms with E-state index < -0.39 is 11.4 Å². The summed E-state index contributed by atoms with van der Waals surface area (Å²) >= 11 is 0. The van der Waals surface area contributed by atoms with Gasteiger partial charge in [-0.05, 0) is 58.1 Å². The average Bonchev–Trinajstić information content (AvgIpc) is 2.37. The predicted octanol–water partition coefficient (Wildman–Crippen LogP) is 3.70. The van der Waals surface area contributed by atoms with Gasteiger partial charge in [-0.2, -0.15) is 0 Å². The molecular weight excluding hydrogens is 252 g/mol. The van der Waals surface area contributed by atoms with Gasteiger partial charge in [0.15, 0.2) is 0 Å². The Morgan fingerprint density at radius 3 is 2.05 bits per heavy atom. The molecule has 1 aromatic rings. The largest absolute Gasteiger partial charge is 0.481 e. The number of hydrogen-bond acceptors (Lipinski definition) is 2. The zero-order chi connectivity index (χ0) is 15.4. The van der Waals surface area contributed by atoms with Crippen LogP contribution in [0.1, 0.15) is 45.2 Å². The molecule has 0 unspecified atom stereocenters. The van der Waals surface area contributed by atoms with E-state index in [-0.39, 0.29) is 5.60 Å². The first-order chi connectivity index (χ1) is 9.16. The number of aliphatic carboxylic acids is 1. The van der Waals surface area contributed by atoms with Crippen LogP contribution in [0, 0.1) is 5.41 Å². The minimum absolute atomic E-state index is 0.107. The maximum atomic E-state index is 11.1. The molecule has 0 aromatic heterocycles. The lowest BCUT2D eigenvalue weighted by atomic mass is 9.85. The second kappa shape index (κ2) is 6.40. The number of methoxy groups -OCH3 is 1. The highest BCUT2D eigenvalue weighted by atomic mass is 16.5. The van der Waals surface area contributed by atoms with Crippen LogP contribution in [0.5, 0.6) is 0 Å². The number of benzene rings is 1. The van der Waals surface area contributed by atoms with Crippen LogP contribution in [0.2, 0.25) is 0 Å². The summed E-state index contributed by atoms with van der Waals surface area (Å²) < 4.78 is 5.41. The Bertz CT molecular complexity index is 444. The van der Waals surface area contributed by atoms with Gasteiger partial charge in [-0.15, -0.1) is 0 Å². The van der Waals surface area contributed by atoms with Crippen molar-refractivity contribution in [3.63, 3.8) is 0 Å². The van der Waals surface area contributed by atoms with E-state index in [2.05, 4.69) is 26.0 Å². The van der Waals surface area contributed by atoms with Gasteiger partial charge in [0, 0.05) is 7.11 Å². The van der Waals surface area contributed by atoms with Gasteiger partial charge in [0.25, 0.3) is 0 Å². The Morgan fingerprint density at radius 1 is 1.10 bits per heavy atom. The molecule has 0 atom stereocenters. The van der Waals surface area contributed by atoms with E-state index in [1.54, 1.807) is 21.0 Å². The Kier molecular flexibility index (Phi) is 5.35. The predicted molar refractivity (Wildman–Crippen MR) is 81.0 cm³/mol. The van der Waals surface area contributed by atoms with Crippen molar-refractivity contribution in [1.82, 2.24) is 0 Å². The summed E-state index contributed by atoms with van der Waals surface area (Å²) in [6, 6.07) is 8.22. The van der Waals surface area contributed by atoms with Crippen LogP contribution in [0.3, 0.4) is 0 Å². The summed E-state index contributed by atoms with van der Waals surface area (Å²) in [6.45, 7) is 7.67. The summed E-state index contributed by atoms with van der Waals surface area (Å²) in [4.78, 5) is 11.1. The molecule has 0 aliphatic rings. The molecule has 1 rings (SSSR count). The van der Waals surface area contributed by atoms with Crippen molar-refractivity contribution < 1.29 is 14.6 Å². The van der Waals surface area contributed by atoms with Crippen LogP contribution in [0.15, 0.2) is 24.3 Å². The van der Waals surface area contributed by atoms with Crippen LogP contribution < -0.4 is 0 Å². The summed E-state index contributed by atoms with van der Waals surface area (Å²) in [5, 5.41) is 9.14. The maximum absolute atomic E-state index is 11.1. The van der Waals surface area contributed by atoms with Crippen LogP contribution >= 0.6 is 0 Å². The summed E-state index contributed by atoms with van der Waals surface area (Å²) in [6.07, 6.45) is 2.47. The number of carboxylic acids is 1. The Labute approximate surface area is 122 Å². The molecule has 0 aliphatic heterocycles. The third-order valence-corrected chi connectivity index (χ3v) is 3.82. The van der Waals surface area contributed by atoms with Gasteiger partial charge >= 0.3 is 5.97 Å². The minimum Gasteiger partial charge on any atom is -0.481 e. The van der Waals surface area contributed by atoms with E-state index in [9.17, 15) is 4.79 Å². The second-order valence-corrected chi connectivity index (χ2v) is 6.65. The van der Waals surface area contributed by atoms with E-state index >= 15 is 0 Å². The fraction of sp³-hybridized carbons (Fsp3) is 0.588. The van der Waals surface area contributed by atoms with Crippen molar-refractivity contribution in [2.24, 2.45) is 5.41 Å². The quantitative estimate of drug-likeness (QED) is 0.827. The molecule has 0 amide bonds. The standard InChI is InChI=1S/C17H26O3/c1-16(2,15(18)19)12-14-8-6-13(7-9-14)10-11-17(3,4)20-5/h6-9H,10-12H2,1-5H3,(H,18,19). The summed E-state index contributed by atoms with van der Waals surface area (Å²) in [7, 11) is 1.73. The number of aryl methyl sites for hydroxylation is 1. The molecular formula is C17H26O3. The lowest BCUT2D eigenvalue weighted by Gasteiger charge is -2.23. The average molecular weight is 278 g/mol. The molecule has 0 bridgehead atoms. The van der Waals surface area contributed by atoms with Crippen molar-refractivity contribution in [2.75, 3.05) is 7.11 Å². The number of ether oxygens (including phenoxy) is 1. The van der Waals surface area contributed by atoms with Crippen molar-refractivity contribution in [2.45, 2.75) is 52.6 Å².